The average Bonchev–Trinajstić information content (AvgIpc) is 3.40. The maximum atomic E-state index is 12.1. The average molecular weight is 386 g/mol. The fourth-order valence-corrected chi connectivity index (χ4v) is 4.35. The summed E-state index contributed by atoms with van der Waals surface area (Å²) in [6, 6.07) is 10.3. The topological polar surface area (TPSA) is 65.2 Å². The van der Waals surface area contributed by atoms with Crippen molar-refractivity contribution >= 4 is 29.1 Å². The molecule has 0 N–H and O–H groups in total. The zero-order valence-electron chi connectivity index (χ0n) is 14.3. The molecule has 4 rings (SSSR count). The zero-order valence-corrected chi connectivity index (χ0v) is 15.9. The number of hydrogen-bond donors (Lipinski definition) is 0. The number of carbonyl (C=O) groups is 1. The Morgan fingerprint density at radius 1 is 1.31 bits per heavy atom. The van der Waals surface area contributed by atoms with Gasteiger partial charge in [-0.05, 0) is 60.9 Å². The summed E-state index contributed by atoms with van der Waals surface area (Å²) in [5.74, 6) is 0.725. The van der Waals surface area contributed by atoms with Crippen LogP contribution in [0.15, 0.2) is 45.0 Å². The summed E-state index contributed by atoms with van der Waals surface area (Å²) in [5, 5.41) is 9.94. The van der Waals surface area contributed by atoms with E-state index in [4.69, 9.17) is 9.15 Å². The summed E-state index contributed by atoms with van der Waals surface area (Å²) < 4.78 is 11.0. The maximum absolute atomic E-state index is 12.1. The molecule has 3 aromatic rings. The number of ether oxygens (including phenoxy) is 1. The second kappa shape index (κ2) is 7.63. The first-order chi connectivity index (χ1) is 12.7. The number of hydrogen-bond acceptors (Lipinski definition) is 7. The molecule has 7 heteroatoms. The zero-order chi connectivity index (χ0) is 17.9. The third kappa shape index (κ3) is 3.83. The van der Waals surface area contributed by atoms with E-state index < -0.39 is 6.10 Å². The smallest absolute Gasteiger partial charge is 0.317 e. The number of thiophene rings is 1. The van der Waals surface area contributed by atoms with Gasteiger partial charge in [-0.2, -0.15) is 0 Å². The molecule has 2 heterocycles. The normalized spacial score (nSPS) is 14.2. The molecular formula is C19H18N2O3S2. The monoisotopic (exact) mass is 386 g/mol. The number of nitrogens with zero attached hydrogens (tertiary/aromatic N) is 2. The predicted molar refractivity (Wildman–Crippen MR) is 101 cm³/mol. The minimum absolute atomic E-state index is 0.259. The molecule has 2 aromatic heterocycles. The molecule has 0 bridgehead atoms. The highest BCUT2D eigenvalue weighted by molar-refractivity contribution is 8.00. The Morgan fingerprint density at radius 2 is 2.19 bits per heavy atom. The van der Waals surface area contributed by atoms with Gasteiger partial charge in [-0.25, -0.2) is 0 Å². The summed E-state index contributed by atoms with van der Waals surface area (Å²) in [6.07, 6.45) is 2.96. The highest BCUT2D eigenvalue weighted by Crippen LogP contribution is 2.29. The van der Waals surface area contributed by atoms with Crippen LogP contribution in [0.5, 0.6) is 0 Å². The van der Waals surface area contributed by atoms with Crippen molar-refractivity contribution in [3.05, 3.63) is 52.7 Å². The lowest BCUT2D eigenvalue weighted by Crippen LogP contribution is -2.11. The largest absolute Gasteiger partial charge is 0.452 e. The van der Waals surface area contributed by atoms with Gasteiger partial charge in [-0.3, -0.25) is 4.79 Å². The highest BCUT2D eigenvalue weighted by Gasteiger charge is 2.19. The van der Waals surface area contributed by atoms with Crippen LogP contribution in [-0.4, -0.2) is 21.9 Å². The number of fused-ring (bicyclic) bond motifs is 1. The Balaban J connectivity index is 1.31. The Hall–Kier alpha value is -2.12. The number of aryl methyl sites for hydroxylation is 2. The number of thioether (sulfide) groups is 1. The van der Waals surface area contributed by atoms with Crippen LogP contribution in [0.25, 0.3) is 10.8 Å². The van der Waals surface area contributed by atoms with Crippen LogP contribution in [0, 0.1) is 0 Å². The van der Waals surface area contributed by atoms with Crippen molar-refractivity contribution in [1.29, 1.82) is 0 Å². The van der Waals surface area contributed by atoms with Gasteiger partial charge in [0.15, 0.2) is 6.10 Å². The molecule has 1 aliphatic rings. The van der Waals surface area contributed by atoms with Crippen molar-refractivity contribution in [2.75, 3.05) is 5.75 Å². The first-order valence-corrected chi connectivity index (χ1v) is 10.4. The molecule has 26 heavy (non-hydrogen) atoms. The van der Waals surface area contributed by atoms with E-state index in [2.05, 4.69) is 28.4 Å². The van der Waals surface area contributed by atoms with Crippen molar-refractivity contribution in [3.8, 4) is 10.8 Å². The SMILES string of the molecule is C[C@H](OC(=O)CSc1ccc2c(c1)CCC2)c1nnc(-c2cccs2)o1. The Bertz CT molecular complexity index is 905. The van der Waals surface area contributed by atoms with Crippen LogP contribution >= 0.6 is 23.1 Å². The van der Waals surface area contributed by atoms with Gasteiger partial charge in [-0.1, -0.05) is 12.1 Å². The van der Waals surface area contributed by atoms with Gasteiger partial charge in [0.05, 0.1) is 10.6 Å². The van der Waals surface area contributed by atoms with Crippen LogP contribution < -0.4 is 0 Å². The molecule has 0 aliphatic heterocycles. The van der Waals surface area contributed by atoms with Gasteiger partial charge in [0, 0.05) is 4.90 Å². The molecule has 134 valence electrons. The number of rotatable bonds is 6. The van der Waals surface area contributed by atoms with Gasteiger partial charge in [-0.15, -0.1) is 33.3 Å². The fraction of sp³-hybridized carbons (Fsp3) is 0.316. The molecule has 1 aromatic carbocycles. The fourth-order valence-electron chi connectivity index (χ4n) is 2.96. The number of aromatic nitrogens is 2. The van der Waals surface area contributed by atoms with Crippen LogP contribution in [0.1, 0.15) is 36.5 Å². The van der Waals surface area contributed by atoms with E-state index in [1.165, 1.54) is 40.6 Å². The van der Waals surface area contributed by atoms with E-state index >= 15 is 0 Å². The Labute approximate surface area is 159 Å². The van der Waals surface area contributed by atoms with Crippen LogP contribution in [0.4, 0.5) is 0 Å². The van der Waals surface area contributed by atoms with E-state index in [1.807, 2.05) is 17.5 Å². The van der Waals surface area contributed by atoms with Gasteiger partial charge in [0.1, 0.15) is 0 Å². The summed E-state index contributed by atoms with van der Waals surface area (Å²) >= 11 is 3.02. The van der Waals surface area contributed by atoms with Crippen LogP contribution in [-0.2, 0) is 22.4 Å². The molecule has 0 saturated heterocycles. The molecule has 0 fully saturated rings. The lowest BCUT2D eigenvalue weighted by atomic mass is 10.1. The van der Waals surface area contributed by atoms with E-state index in [-0.39, 0.29) is 11.7 Å². The summed E-state index contributed by atoms with van der Waals surface area (Å²) in [4.78, 5) is 14.1. The minimum Gasteiger partial charge on any atom is -0.452 e. The Kier molecular flexibility index (Phi) is 5.08. The Morgan fingerprint density at radius 3 is 3.04 bits per heavy atom. The molecule has 1 atom stereocenters. The first-order valence-electron chi connectivity index (χ1n) is 8.50. The van der Waals surface area contributed by atoms with Crippen molar-refractivity contribution in [2.45, 2.75) is 37.2 Å². The summed E-state index contributed by atoms with van der Waals surface area (Å²) in [6.45, 7) is 1.74. The lowest BCUT2D eigenvalue weighted by Gasteiger charge is -2.09. The van der Waals surface area contributed by atoms with Crippen LogP contribution in [0.3, 0.4) is 0 Å². The van der Waals surface area contributed by atoms with E-state index in [9.17, 15) is 4.79 Å². The van der Waals surface area contributed by atoms with Crippen molar-refractivity contribution in [1.82, 2.24) is 10.2 Å². The quantitative estimate of drug-likeness (QED) is 0.453. The molecule has 0 radical (unpaired) electrons. The molecular weight excluding hydrogens is 368 g/mol. The third-order valence-electron chi connectivity index (χ3n) is 4.26. The second-order valence-corrected chi connectivity index (χ2v) is 8.12. The second-order valence-electron chi connectivity index (χ2n) is 6.13. The molecule has 0 saturated carbocycles. The van der Waals surface area contributed by atoms with E-state index in [0.29, 0.717) is 11.8 Å². The highest BCUT2D eigenvalue weighted by atomic mass is 32.2. The summed E-state index contributed by atoms with van der Waals surface area (Å²) in [5.41, 5.74) is 2.84. The molecule has 5 nitrogen and oxygen atoms in total. The van der Waals surface area contributed by atoms with Gasteiger partial charge in [0.2, 0.25) is 0 Å². The van der Waals surface area contributed by atoms with Crippen molar-refractivity contribution < 1.29 is 13.9 Å². The maximum Gasteiger partial charge on any atom is 0.317 e. The van der Waals surface area contributed by atoms with E-state index in [1.54, 1.807) is 6.92 Å². The molecule has 0 spiro atoms. The number of carbonyl (C=O) groups excluding carboxylic acids is 1. The van der Waals surface area contributed by atoms with Gasteiger partial charge >= 0.3 is 5.97 Å². The molecule has 0 amide bonds. The lowest BCUT2D eigenvalue weighted by molar-refractivity contribution is -0.146. The minimum atomic E-state index is -0.565. The molecule has 1 aliphatic carbocycles. The molecule has 0 unspecified atom stereocenters. The first kappa shape index (κ1) is 17.3. The number of esters is 1. The van der Waals surface area contributed by atoms with E-state index in [0.717, 1.165) is 22.6 Å². The van der Waals surface area contributed by atoms with Crippen LogP contribution in [0.2, 0.25) is 0 Å². The number of benzene rings is 1. The van der Waals surface area contributed by atoms with Gasteiger partial charge < -0.3 is 9.15 Å². The van der Waals surface area contributed by atoms with Crippen molar-refractivity contribution in [3.63, 3.8) is 0 Å². The summed E-state index contributed by atoms with van der Waals surface area (Å²) in [7, 11) is 0. The predicted octanol–water partition coefficient (Wildman–Crippen LogP) is 4.68. The van der Waals surface area contributed by atoms with Gasteiger partial charge in [0.25, 0.3) is 11.8 Å². The van der Waals surface area contributed by atoms with Crippen molar-refractivity contribution in [2.24, 2.45) is 0 Å². The standard InChI is InChI=1S/C19H18N2O3S2/c1-12(18-20-21-19(24-18)16-6-3-9-25-16)23-17(22)11-26-15-8-7-13-4-2-5-14(13)10-15/h3,6-10,12H,2,4-5,11H2,1H3/t12-/m0/s1. The third-order valence-corrected chi connectivity index (χ3v) is 6.08.